The summed E-state index contributed by atoms with van der Waals surface area (Å²) < 4.78 is 0. The van der Waals surface area contributed by atoms with Gasteiger partial charge >= 0.3 is 0 Å². The highest BCUT2D eigenvalue weighted by molar-refractivity contribution is 5.94. The van der Waals surface area contributed by atoms with E-state index >= 15 is 0 Å². The highest BCUT2D eigenvalue weighted by Crippen LogP contribution is 2.09. The van der Waals surface area contributed by atoms with Crippen molar-refractivity contribution in [3.05, 3.63) is 29.6 Å². The van der Waals surface area contributed by atoms with Gasteiger partial charge in [0.15, 0.2) is 0 Å². The summed E-state index contributed by atoms with van der Waals surface area (Å²) in [7, 11) is 0. The third-order valence-corrected chi connectivity index (χ3v) is 2.92. The van der Waals surface area contributed by atoms with Crippen LogP contribution in [0.15, 0.2) is 18.3 Å². The van der Waals surface area contributed by atoms with E-state index in [1.54, 1.807) is 6.20 Å². The molecule has 0 aliphatic carbocycles. The summed E-state index contributed by atoms with van der Waals surface area (Å²) in [4.78, 5) is 18.2. The van der Waals surface area contributed by atoms with E-state index in [9.17, 15) is 4.79 Å². The second-order valence-electron chi connectivity index (χ2n) is 4.24. The van der Waals surface area contributed by atoms with Crippen molar-refractivity contribution in [1.82, 2.24) is 15.2 Å². The molecule has 6 heteroatoms. The third kappa shape index (κ3) is 3.83. The Bertz CT molecular complexity index is 383. The smallest absolute Gasteiger partial charge is 0.255 e. The fourth-order valence-corrected chi connectivity index (χ4v) is 1.90. The predicted octanol–water partition coefficient (Wildman–Crippen LogP) is 1.67. The van der Waals surface area contributed by atoms with Crippen LogP contribution in [0.4, 0.5) is 0 Å². The minimum absolute atomic E-state index is 0. The van der Waals surface area contributed by atoms with E-state index in [1.165, 1.54) is 0 Å². The molecule has 102 valence electrons. The number of aromatic nitrogens is 1. The largest absolute Gasteiger partial charge is 0.333 e. The van der Waals surface area contributed by atoms with Crippen LogP contribution in [0, 0.1) is 6.92 Å². The molecule has 0 saturated carbocycles. The lowest BCUT2D eigenvalue weighted by atomic mass is 10.1. The van der Waals surface area contributed by atoms with Gasteiger partial charge in [-0.05, 0) is 26.0 Å². The van der Waals surface area contributed by atoms with Gasteiger partial charge in [0, 0.05) is 37.6 Å². The number of pyridine rings is 1. The molecule has 1 saturated heterocycles. The molecule has 2 rings (SSSR count). The van der Waals surface area contributed by atoms with Crippen LogP contribution < -0.4 is 5.32 Å². The number of hydrogen-bond donors (Lipinski definition) is 1. The Labute approximate surface area is 120 Å². The Hall–Kier alpha value is -0.840. The van der Waals surface area contributed by atoms with Gasteiger partial charge in [0.05, 0.1) is 5.56 Å². The lowest BCUT2D eigenvalue weighted by molar-refractivity contribution is 0.0655. The summed E-state index contributed by atoms with van der Waals surface area (Å²) in [5.74, 6) is 0.0847. The molecule has 4 nitrogen and oxygen atoms in total. The van der Waals surface area contributed by atoms with E-state index < -0.39 is 0 Å². The second-order valence-corrected chi connectivity index (χ2v) is 4.24. The van der Waals surface area contributed by atoms with Gasteiger partial charge in [0.1, 0.15) is 0 Å². The van der Waals surface area contributed by atoms with Crippen LogP contribution in [0.1, 0.15) is 23.0 Å². The highest BCUT2D eigenvalue weighted by Gasteiger charge is 2.23. The van der Waals surface area contributed by atoms with Crippen molar-refractivity contribution in [2.45, 2.75) is 19.9 Å². The fraction of sp³-hybridized carbons (Fsp3) is 0.500. The van der Waals surface area contributed by atoms with E-state index in [2.05, 4.69) is 17.2 Å². The summed E-state index contributed by atoms with van der Waals surface area (Å²) in [5, 5.41) is 3.27. The van der Waals surface area contributed by atoms with Gasteiger partial charge < -0.3 is 10.2 Å². The number of carbonyl (C=O) groups excluding carboxylic acids is 1. The molecule has 0 bridgehead atoms. The number of nitrogens with zero attached hydrogens (tertiary/aromatic N) is 2. The minimum Gasteiger partial charge on any atom is -0.333 e. The molecule has 1 aromatic heterocycles. The minimum atomic E-state index is 0. The first kappa shape index (κ1) is 17.2. The van der Waals surface area contributed by atoms with Crippen molar-refractivity contribution in [1.29, 1.82) is 0 Å². The SMILES string of the molecule is Cc1ccc(C(=O)N2CCNC[C@@H]2C)cn1.Cl.Cl. The van der Waals surface area contributed by atoms with E-state index in [4.69, 9.17) is 0 Å². The zero-order chi connectivity index (χ0) is 11.5. The zero-order valence-corrected chi connectivity index (χ0v) is 12.2. The molecule has 1 N–H and O–H groups in total. The maximum atomic E-state index is 12.2. The molecule has 0 spiro atoms. The van der Waals surface area contributed by atoms with E-state index in [0.29, 0.717) is 5.56 Å². The number of nitrogens with one attached hydrogen (secondary N) is 1. The summed E-state index contributed by atoms with van der Waals surface area (Å²) in [6, 6.07) is 3.97. The first-order valence-corrected chi connectivity index (χ1v) is 5.63. The van der Waals surface area contributed by atoms with Gasteiger partial charge in [0.25, 0.3) is 5.91 Å². The Morgan fingerprint density at radius 3 is 2.72 bits per heavy atom. The highest BCUT2D eigenvalue weighted by atomic mass is 35.5. The number of aryl methyl sites for hydroxylation is 1. The van der Waals surface area contributed by atoms with E-state index in [-0.39, 0.29) is 36.8 Å². The molecule has 2 heterocycles. The van der Waals surface area contributed by atoms with Crippen LogP contribution in [-0.2, 0) is 0 Å². The molecule has 1 amide bonds. The van der Waals surface area contributed by atoms with Gasteiger partial charge in [-0.1, -0.05) is 0 Å². The maximum absolute atomic E-state index is 12.2. The number of rotatable bonds is 1. The van der Waals surface area contributed by atoms with Crippen LogP contribution in [-0.4, -0.2) is 41.5 Å². The van der Waals surface area contributed by atoms with Crippen LogP contribution in [0.3, 0.4) is 0 Å². The van der Waals surface area contributed by atoms with Crippen molar-refractivity contribution in [2.24, 2.45) is 0 Å². The fourth-order valence-electron chi connectivity index (χ4n) is 1.90. The molecular formula is C12H19Cl2N3O. The van der Waals surface area contributed by atoms with E-state index in [1.807, 2.05) is 24.0 Å². The van der Waals surface area contributed by atoms with Gasteiger partial charge in [-0.15, -0.1) is 24.8 Å². The number of carbonyl (C=O) groups is 1. The Morgan fingerprint density at radius 1 is 1.44 bits per heavy atom. The standard InChI is InChI=1S/C12H17N3O.2ClH/c1-9-3-4-11(8-14-9)12(16)15-6-5-13-7-10(15)2;;/h3-4,8,10,13H,5-7H2,1-2H3;2*1H/t10-;;/m0../s1. The van der Waals surface area contributed by atoms with Crippen LogP contribution in [0.5, 0.6) is 0 Å². The Balaban J connectivity index is 0.00000144. The summed E-state index contributed by atoms with van der Waals surface area (Å²) in [6.45, 7) is 6.49. The number of halogens is 2. The third-order valence-electron chi connectivity index (χ3n) is 2.92. The van der Waals surface area contributed by atoms with Crippen LogP contribution >= 0.6 is 24.8 Å². The quantitative estimate of drug-likeness (QED) is 0.856. The average molecular weight is 292 g/mol. The molecule has 18 heavy (non-hydrogen) atoms. The number of hydrogen-bond acceptors (Lipinski definition) is 3. The zero-order valence-electron chi connectivity index (χ0n) is 10.5. The van der Waals surface area contributed by atoms with Gasteiger partial charge in [-0.3, -0.25) is 9.78 Å². The molecule has 1 atom stereocenters. The summed E-state index contributed by atoms with van der Waals surface area (Å²) in [6.07, 6.45) is 1.66. The van der Waals surface area contributed by atoms with Gasteiger partial charge in [-0.2, -0.15) is 0 Å². The monoisotopic (exact) mass is 291 g/mol. The molecule has 0 radical (unpaired) electrons. The van der Waals surface area contributed by atoms with Crippen molar-refractivity contribution >= 4 is 30.7 Å². The molecule has 1 aliphatic rings. The number of piperazine rings is 1. The first-order valence-electron chi connectivity index (χ1n) is 5.63. The normalized spacial score (nSPS) is 18.6. The lowest BCUT2D eigenvalue weighted by Crippen LogP contribution is -2.52. The lowest BCUT2D eigenvalue weighted by Gasteiger charge is -2.33. The molecule has 0 aromatic carbocycles. The maximum Gasteiger partial charge on any atom is 0.255 e. The topological polar surface area (TPSA) is 45.2 Å². The Morgan fingerprint density at radius 2 is 2.17 bits per heavy atom. The van der Waals surface area contributed by atoms with Crippen molar-refractivity contribution < 1.29 is 4.79 Å². The van der Waals surface area contributed by atoms with Crippen LogP contribution in [0.25, 0.3) is 0 Å². The molecule has 1 aliphatic heterocycles. The summed E-state index contributed by atoms with van der Waals surface area (Å²) >= 11 is 0. The molecular weight excluding hydrogens is 273 g/mol. The predicted molar refractivity (Wildman–Crippen MR) is 76.8 cm³/mol. The van der Waals surface area contributed by atoms with Gasteiger partial charge in [-0.25, -0.2) is 0 Å². The van der Waals surface area contributed by atoms with Crippen molar-refractivity contribution in [3.63, 3.8) is 0 Å². The molecule has 0 unspecified atom stereocenters. The first-order chi connectivity index (χ1) is 7.68. The molecule has 1 fully saturated rings. The van der Waals surface area contributed by atoms with Crippen molar-refractivity contribution in [3.8, 4) is 0 Å². The van der Waals surface area contributed by atoms with E-state index in [0.717, 1.165) is 25.3 Å². The van der Waals surface area contributed by atoms with Crippen molar-refractivity contribution in [2.75, 3.05) is 19.6 Å². The second kappa shape index (κ2) is 7.56. The van der Waals surface area contributed by atoms with Gasteiger partial charge in [0.2, 0.25) is 0 Å². The van der Waals surface area contributed by atoms with Crippen LogP contribution in [0.2, 0.25) is 0 Å². The average Bonchev–Trinajstić information content (AvgIpc) is 2.30. The number of amides is 1. The Kier molecular flexibility index (Phi) is 7.21. The summed E-state index contributed by atoms with van der Waals surface area (Å²) in [5.41, 5.74) is 1.62. The molecule has 1 aromatic rings.